The summed E-state index contributed by atoms with van der Waals surface area (Å²) in [5.41, 5.74) is 3.73. The highest BCUT2D eigenvalue weighted by atomic mass is 32.2. The lowest BCUT2D eigenvalue weighted by Crippen LogP contribution is -2.10. The van der Waals surface area contributed by atoms with E-state index in [0.29, 0.717) is 11.1 Å². The third-order valence-corrected chi connectivity index (χ3v) is 5.81. The van der Waals surface area contributed by atoms with E-state index in [1.54, 1.807) is 13.0 Å². The van der Waals surface area contributed by atoms with Crippen LogP contribution < -0.4 is 0 Å². The molecule has 0 heterocycles. The molecule has 4 nitrogen and oxygen atoms in total. The Morgan fingerprint density at radius 1 is 1.00 bits per heavy atom. The number of hydrogen-bond donors (Lipinski definition) is 0. The molecule has 0 aliphatic rings. The normalized spacial score (nSPS) is 10.6. The van der Waals surface area contributed by atoms with Gasteiger partial charge in [0.05, 0.1) is 23.3 Å². The van der Waals surface area contributed by atoms with Gasteiger partial charge in [0.2, 0.25) is 0 Å². The number of carbonyl (C=O) groups excluding carboxylic acids is 1. The zero-order chi connectivity index (χ0) is 19.2. The van der Waals surface area contributed by atoms with Crippen molar-refractivity contribution in [3.8, 4) is 0 Å². The summed E-state index contributed by atoms with van der Waals surface area (Å²) in [5, 5.41) is 0. The average Bonchev–Trinajstić information content (AvgIpc) is 2.59. The van der Waals surface area contributed by atoms with Crippen molar-refractivity contribution in [3.63, 3.8) is 0 Å². The summed E-state index contributed by atoms with van der Waals surface area (Å²) in [5.74, 6) is -0.537. The van der Waals surface area contributed by atoms with Gasteiger partial charge in [0, 0.05) is 0 Å². The summed E-state index contributed by atoms with van der Waals surface area (Å²) >= 11 is 0. The van der Waals surface area contributed by atoms with Crippen molar-refractivity contribution < 1.29 is 17.9 Å². The summed E-state index contributed by atoms with van der Waals surface area (Å²) in [6.07, 6.45) is 0. The summed E-state index contributed by atoms with van der Waals surface area (Å²) in [6, 6.07) is 10.2. The van der Waals surface area contributed by atoms with Crippen molar-refractivity contribution in [1.82, 2.24) is 0 Å². The Labute approximate surface area is 150 Å². The maximum Gasteiger partial charge on any atom is 0.337 e. The average molecular weight is 362 g/mol. The molecule has 0 aliphatic carbocycles. The molecule has 5 heteroatoms. The van der Waals surface area contributed by atoms with Gasteiger partial charge in [0.25, 0.3) is 0 Å². The second kappa shape index (κ2) is 8.81. The summed E-state index contributed by atoms with van der Waals surface area (Å²) in [4.78, 5) is 11.8. The Kier molecular flexibility index (Phi) is 7.37. The van der Waals surface area contributed by atoms with Crippen molar-refractivity contribution in [1.29, 1.82) is 0 Å². The molecule has 0 radical (unpaired) electrons. The Hall–Kier alpha value is -2.14. The molecule has 0 aromatic heterocycles. The van der Waals surface area contributed by atoms with Crippen molar-refractivity contribution in [3.05, 3.63) is 64.2 Å². The molecule has 0 saturated heterocycles. The van der Waals surface area contributed by atoms with E-state index in [1.165, 1.54) is 19.2 Å². The fraction of sp³-hybridized carbons (Fsp3) is 0.350. The van der Waals surface area contributed by atoms with Gasteiger partial charge in [-0.05, 0) is 61.2 Å². The van der Waals surface area contributed by atoms with Crippen LogP contribution in [0.2, 0.25) is 0 Å². The highest BCUT2D eigenvalue weighted by Crippen LogP contribution is 2.24. The first-order valence-electron chi connectivity index (χ1n) is 8.23. The monoisotopic (exact) mass is 362 g/mol. The van der Waals surface area contributed by atoms with Crippen LogP contribution in [0.3, 0.4) is 0 Å². The van der Waals surface area contributed by atoms with Crippen LogP contribution in [0.15, 0.2) is 41.3 Å². The van der Waals surface area contributed by atoms with Gasteiger partial charge in [-0.15, -0.1) is 0 Å². The summed E-state index contributed by atoms with van der Waals surface area (Å²) in [6.45, 7) is 9.57. The molecule has 0 N–H and O–H groups in total. The number of carbonyl (C=O) groups is 1. The molecule has 136 valence electrons. The molecule has 0 unspecified atom stereocenters. The van der Waals surface area contributed by atoms with Crippen molar-refractivity contribution in [2.45, 2.75) is 45.3 Å². The number of esters is 1. The van der Waals surface area contributed by atoms with Crippen LogP contribution in [0, 0.1) is 20.8 Å². The van der Waals surface area contributed by atoms with Crippen LogP contribution in [0.4, 0.5) is 0 Å². The first-order valence-corrected chi connectivity index (χ1v) is 9.88. The largest absolute Gasteiger partial charge is 0.465 e. The topological polar surface area (TPSA) is 60.4 Å². The van der Waals surface area contributed by atoms with Gasteiger partial charge in [-0.1, -0.05) is 32.0 Å². The lowest BCUT2D eigenvalue weighted by atomic mass is 10.1. The minimum atomic E-state index is -3.48. The Bertz CT molecular complexity index is 852. The molecule has 0 amide bonds. The second-order valence-corrected chi connectivity index (χ2v) is 7.55. The maximum atomic E-state index is 12.7. The number of benzene rings is 2. The molecular formula is C20H26O4S. The van der Waals surface area contributed by atoms with E-state index in [-0.39, 0.29) is 10.6 Å². The first-order chi connectivity index (χ1) is 11.8. The molecule has 2 aromatic carbocycles. The smallest absolute Gasteiger partial charge is 0.337 e. The predicted molar refractivity (Wildman–Crippen MR) is 101 cm³/mol. The minimum Gasteiger partial charge on any atom is -0.465 e. The van der Waals surface area contributed by atoms with Gasteiger partial charge in [-0.3, -0.25) is 0 Å². The molecule has 0 bridgehead atoms. The molecule has 2 rings (SSSR count). The van der Waals surface area contributed by atoms with E-state index in [9.17, 15) is 13.2 Å². The van der Waals surface area contributed by atoms with Crippen LogP contribution >= 0.6 is 0 Å². The van der Waals surface area contributed by atoms with E-state index in [0.717, 1.165) is 16.7 Å². The number of ether oxygens (including phenoxy) is 1. The zero-order valence-electron chi connectivity index (χ0n) is 15.7. The van der Waals surface area contributed by atoms with Crippen LogP contribution in [0.5, 0.6) is 0 Å². The molecule has 0 aliphatic heterocycles. The molecule has 0 fully saturated rings. The quantitative estimate of drug-likeness (QED) is 0.757. The lowest BCUT2D eigenvalue weighted by molar-refractivity contribution is 0.0600. The SMILES string of the molecule is CC.COC(=O)c1ccc(S(=O)(=O)Cc2cccc(C)c2C)c(C)c1. The third-order valence-electron chi connectivity index (χ3n) is 3.99. The number of rotatable bonds is 4. The molecule has 2 aromatic rings. The van der Waals surface area contributed by atoms with Crippen molar-refractivity contribution in [2.24, 2.45) is 0 Å². The summed E-state index contributed by atoms with van der Waals surface area (Å²) in [7, 11) is -2.19. The fourth-order valence-electron chi connectivity index (χ4n) is 2.49. The van der Waals surface area contributed by atoms with Gasteiger partial charge in [0.15, 0.2) is 9.84 Å². The highest BCUT2D eigenvalue weighted by Gasteiger charge is 2.20. The predicted octanol–water partition coefficient (Wildman–Crippen LogP) is 4.40. The van der Waals surface area contributed by atoms with Gasteiger partial charge < -0.3 is 4.74 Å². The number of methoxy groups -OCH3 is 1. The second-order valence-electron chi connectivity index (χ2n) is 5.59. The minimum absolute atomic E-state index is 0.0566. The number of aryl methyl sites for hydroxylation is 2. The third kappa shape index (κ3) is 4.92. The van der Waals surface area contributed by atoms with Crippen molar-refractivity contribution in [2.75, 3.05) is 7.11 Å². The number of hydrogen-bond acceptors (Lipinski definition) is 4. The Balaban J connectivity index is 0.00000151. The maximum absolute atomic E-state index is 12.7. The van der Waals surface area contributed by atoms with Crippen LogP contribution in [-0.4, -0.2) is 21.5 Å². The fourth-order valence-corrected chi connectivity index (χ4v) is 4.20. The van der Waals surface area contributed by atoms with Gasteiger partial charge in [0.1, 0.15) is 0 Å². The number of sulfone groups is 1. The Morgan fingerprint density at radius 3 is 2.20 bits per heavy atom. The van der Waals surface area contributed by atoms with E-state index in [2.05, 4.69) is 4.74 Å². The van der Waals surface area contributed by atoms with Gasteiger partial charge in [-0.2, -0.15) is 0 Å². The summed E-state index contributed by atoms with van der Waals surface area (Å²) < 4.78 is 30.1. The van der Waals surface area contributed by atoms with Crippen molar-refractivity contribution >= 4 is 15.8 Å². The van der Waals surface area contributed by atoms with E-state index in [1.807, 2.05) is 45.9 Å². The highest BCUT2D eigenvalue weighted by molar-refractivity contribution is 7.90. The molecule has 25 heavy (non-hydrogen) atoms. The molecule has 0 saturated carbocycles. The zero-order valence-corrected chi connectivity index (χ0v) is 16.5. The van der Waals surface area contributed by atoms with Crippen LogP contribution in [-0.2, 0) is 20.3 Å². The van der Waals surface area contributed by atoms with E-state index >= 15 is 0 Å². The first kappa shape index (κ1) is 20.9. The molecule has 0 atom stereocenters. The van der Waals surface area contributed by atoms with Gasteiger partial charge in [-0.25, -0.2) is 13.2 Å². The van der Waals surface area contributed by atoms with E-state index in [4.69, 9.17) is 0 Å². The van der Waals surface area contributed by atoms with Crippen LogP contribution in [0.1, 0.15) is 46.5 Å². The lowest BCUT2D eigenvalue weighted by Gasteiger charge is -2.12. The molecular weight excluding hydrogens is 336 g/mol. The van der Waals surface area contributed by atoms with Gasteiger partial charge >= 0.3 is 5.97 Å². The molecule has 0 spiro atoms. The Morgan fingerprint density at radius 2 is 1.64 bits per heavy atom. The van der Waals surface area contributed by atoms with E-state index < -0.39 is 15.8 Å². The van der Waals surface area contributed by atoms with Crippen LogP contribution in [0.25, 0.3) is 0 Å². The standard InChI is InChI=1S/C18H20O4S.C2H6/c1-12-6-5-7-16(14(12)3)11-23(20,21)17-9-8-15(10-13(17)2)18(19)22-4;1-2/h5-10H,11H2,1-4H3;1-2H3.